The molecule has 1 rings (SSSR count). The quantitative estimate of drug-likeness (QED) is 0.157. The molecule has 0 N–H and O–H groups in total. The van der Waals surface area contributed by atoms with Gasteiger partial charge in [-0.25, -0.2) is 0 Å². The summed E-state index contributed by atoms with van der Waals surface area (Å²) in [5, 5.41) is 0. The van der Waals surface area contributed by atoms with Crippen molar-refractivity contribution in [3.05, 3.63) is 0 Å². The minimum atomic E-state index is 0.818. The molecule has 1 nitrogen and oxygen atoms in total. The highest BCUT2D eigenvalue weighted by molar-refractivity contribution is 4.89. The molecule has 1 fully saturated rings. The maximum atomic E-state index is 2.55. The summed E-state index contributed by atoms with van der Waals surface area (Å²) in [4.78, 5) is 2.49. The van der Waals surface area contributed by atoms with E-state index in [2.05, 4.69) is 39.8 Å². The van der Waals surface area contributed by atoms with E-state index in [1.54, 1.807) is 6.42 Å². The lowest BCUT2D eigenvalue weighted by molar-refractivity contribution is 0.250. The highest BCUT2D eigenvalue weighted by atomic mass is 15.1. The number of nitrogens with zero attached hydrogens (tertiary/aromatic N) is 1. The molecule has 0 aromatic heterocycles. The lowest BCUT2D eigenvalue weighted by atomic mass is 9.94. The van der Waals surface area contributed by atoms with Gasteiger partial charge in [-0.2, -0.15) is 0 Å². The fraction of sp³-hybridized carbons (Fsp3) is 1.00. The van der Waals surface area contributed by atoms with Crippen LogP contribution in [-0.4, -0.2) is 25.0 Å². The largest absolute Gasteiger partial charge is 0.306 e. The van der Waals surface area contributed by atoms with Crippen molar-refractivity contribution < 1.29 is 0 Å². The number of hydrogen-bond acceptors (Lipinski definition) is 1. The average Bonchev–Trinajstić information content (AvgIpc) is 3.50. The Bertz CT molecular complexity index is 363. The van der Waals surface area contributed by atoms with Gasteiger partial charge in [-0.3, -0.25) is 0 Å². The molecule has 180 valence electrons. The van der Waals surface area contributed by atoms with E-state index in [4.69, 9.17) is 0 Å². The molecule has 0 bridgehead atoms. The number of hydrogen-bond donors (Lipinski definition) is 0. The molecule has 0 heterocycles. The van der Waals surface area contributed by atoms with Gasteiger partial charge in [0.2, 0.25) is 0 Å². The second-order valence-corrected chi connectivity index (χ2v) is 11.0. The third-order valence-electron chi connectivity index (χ3n) is 7.95. The van der Waals surface area contributed by atoms with E-state index < -0.39 is 0 Å². The van der Waals surface area contributed by atoms with Crippen LogP contribution >= 0.6 is 0 Å². The van der Waals surface area contributed by atoms with Gasteiger partial charge in [0.15, 0.2) is 0 Å². The summed E-state index contributed by atoms with van der Waals surface area (Å²) in [6, 6.07) is 0.818. The van der Waals surface area contributed by atoms with E-state index >= 15 is 0 Å². The molecule has 1 aliphatic carbocycles. The minimum absolute atomic E-state index is 0.818. The predicted octanol–water partition coefficient (Wildman–Crippen LogP) is 9.64. The van der Waals surface area contributed by atoms with Crippen molar-refractivity contribution in [1.29, 1.82) is 0 Å². The van der Waals surface area contributed by atoms with Crippen molar-refractivity contribution in [1.82, 2.24) is 4.90 Å². The van der Waals surface area contributed by atoms with Crippen molar-refractivity contribution in [3.8, 4) is 0 Å². The van der Waals surface area contributed by atoms with Crippen LogP contribution in [0.15, 0.2) is 0 Å². The fourth-order valence-corrected chi connectivity index (χ4v) is 5.54. The molecule has 0 radical (unpaired) electrons. The van der Waals surface area contributed by atoms with Crippen LogP contribution in [0.5, 0.6) is 0 Å². The Labute approximate surface area is 192 Å². The van der Waals surface area contributed by atoms with E-state index in [0.717, 1.165) is 23.8 Å². The molecule has 0 aromatic carbocycles. The molecule has 0 aromatic rings. The molecule has 0 amide bonds. The monoisotopic (exact) mass is 421 g/mol. The van der Waals surface area contributed by atoms with Gasteiger partial charge in [0.05, 0.1) is 0 Å². The van der Waals surface area contributed by atoms with Crippen LogP contribution in [0.25, 0.3) is 0 Å². The van der Waals surface area contributed by atoms with Gasteiger partial charge in [-0.15, -0.1) is 0 Å². The van der Waals surface area contributed by atoms with E-state index in [-0.39, 0.29) is 0 Å². The normalized spacial score (nSPS) is 20.6. The van der Waals surface area contributed by atoms with E-state index in [1.165, 1.54) is 122 Å². The first-order valence-corrected chi connectivity index (χ1v) is 14.3. The predicted molar refractivity (Wildman–Crippen MR) is 137 cm³/mol. The van der Waals surface area contributed by atoms with Gasteiger partial charge in [0.25, 0.3) is 0 Å². The van der Waals surface area contributed by atoms with Crippen LogP contribution in [0.4, 0.5) is 0 Å². The summed E-state index contributed by atoms with van der Waals surface area (Å²) in [5.41, 5.74) is 0. The van der Waals surface area contributed by atoms with Crippen molar-refractivity contribution in [2.75, 3.05) is 14.1 Å². The van der Waals surface area contributed by atoms with E-state index in [1.807, 2.05) is 0 Å². The summed E-state index contributed by atoms with van der Waals surface area (Å²) in [6.07, 6.45) is 29.1. The smallest absolute Gasteiger partial charge is 0.00891 e. The summed E-state index contributed by atoms with van der Waals surface area (Å²) in [7, 11) is 4.59. The van der Waals surface area contributed by atoms with Gasteiger partial charge < -0.3 is 4.90 Å². The van der Waals surface area contributed by atoms with Crippen molar-refractivity contribution >= 4 is 0 Å². The highest BCUT2D eigenvalue weighted by Crippen LogP contribution is 2.48. The molecule has 2 unspecified atom stereocenters. The maximum absolute atomic E-state index is 2.55. The Morgan fingerprint density at radius 3 is 1.67 bits per heavy atom. The Hall–Kier alpha value is -0.0400. The summed E-state index contributed by atoms with van der Waals surface area (Å²) >= 11 is 0. The van der Waals surface area contributed by atoms with E-state index in [0.29, 0.717) is 0 Å². The molecule has 0 spiro atoms. The topological polar surface area (TPSA) is 3.24 Å². The summed E-state index contributed by atoms with van der Waals surface area (Å²) in [6.45, 7) is 7.17. The van der Waals surface area contributed by atoms with Crippen LogP contribution in [0, 0.1) is 17.8 Å². The molecule has 4 atom stereocenters. The highest BCUT2D eigenvalue weighted by Gasteiger charge is 2.39. The molecule has 0 saturated heterocycles. The van der Waals surface area contributed by atoms with Crippen LogP contribution in [-0.2, 0) is 0 Å². The van der Waals surface area contributed by atoms with Crippen LogP contribution < -0.4 is 0 Å². The molecule has 1 saturated carbocycles. The van der Waals surface area contributed by atoms with Gasteiger partial charge in [-0.05, 0) is 51.1 Å². The summed E-state index contributed by atoms with van der Waals surface area (Å²) < 4.78 is 0. The fourth-order valence-electron chi connectivity index (χ4n) is 5.54. The first kappa shape index (κ1) is 28.0. The van der Waals surface area contributed by atoms with Gasteiger partial charge >= 0.3 is 0 Å². The summed E-state index contributed by atoms with van der Waals surface area (Å²) in [5.74, 6) is 3.17. The third kappa shape index (κ3) is 14.1. The molecule has 1 heteroatoms. The van der Waals surface area contributed by atoms with Crippen LogP contribution in [0.1, 0.15) is 149 Å². The molecule has 0 aliphatic heterocycles. The minimum Gasteiger partial charge on any atom is -0.306 e. The van der Waals surface area contributed by atoms with Crippen LogP contribution in [0.2, 0.25) is 0 Å². The lowest BCUT2D eigenvalue weighted by Gasteiger charge is -2.24. The molecular formula is C29H59N. The zero-order valence-electron chi connectivity index (χ0n) is 21.9. The lowest BCUT2D eigenvalue weighted by Crippen LogP contribution is -2.27. The number of rotatable bonds is 22. The molecule has 30 heavy (non-hydrogen) atoms. The second kappa shape index (κ2) is 18.5. The zero-order valence-corrected chi connectivity index (χ0v) is 21.9. The molecule has 1 aliphatic rings. The Kier molecular flexibility index (Phi) is 17.3. The number of unbranched alkanes of at least 4 members (excludes halogenated alkanes) is 12. The third-order valence-corrected chi connectivity index (χ3v) is 7.95. The van der Waals surface area contributed by atoms with Gasteiger partial charge in [0, 0.05) is 6.04 Å². The standard InChI is InChI=1S/C29H59N/c1-6-8-10-12-14-18-22-27-25-29(27)26(3)21-17-16-20-24-28(30(4)5)23-19-15-13-11-9-7-2/h26-29H,6-25H2,1-5H3/t26?,27-,28+,29?/m1/s1. The van der Waals surface area contributed by atoms with E-state index in [9.17, 15) is 0 Å². The Morgan fingerprint density at radius 2 is 1.10 bits per heavy atom. The van der Waals surface area contributed by atoms with Gasteiger partial charge in [0.1, 0.15) is 0 Å². The Balaban J connectivity index is 1.98. The first-order valence-electron chi connectivity index (χ1n) is 14.3. The molecular weight excluding hydrogens is 362 g/mol. The van der Waals surface area contributed by atoms with Gasteiger partial charge in [-0.1, -0.05) is 130 Å². The zero-order chi connectivity index (χ0) is 22.0. The van der Waals surface area contributed by atoms with Crippen molar-refractivity contribution in [2.24, 2.45) is 17.8 Å². The average molecular weight is 422 g/mol. The SMILES string of the molecule is CCCCCCCC[C@@H]1CC1C(C)CCCCC[C@H](CCCCCCCC)N(C)C. The second-order valence-electron chi connectivity index (χ2n) is 11.0. The first-order chi connectivity index (χ1) is 14.6. The van der Waals surface area contributed by atoms with Crippen LogP contribution in [0.3, 0.4) is 0 Å². The van der Waals surface area contributed by atoms with Crippen molar-refractivity contribution in [2.45, 2.75) is 155 Å². The van der Waals surface area contributed by atoms with Crippen molar-refractivity contribution in [3.63, 3.8) is 0 Å². The Morgan fingerprint density at radius 1 is 0.633 bits per heavy atom. The maximum Gasteiger partial charge on any atom is 0.00891 e.